The van der Waals surface area contributed by atoms with E-state index in [-0.39, 0.29) is 34.1 Å². The summed E-state index contributed by atoms with van der Waals surface area (Å²) in [4.78, 5) is 27.6. The zero-order valence-electron chi connectivity index (χ0n) is 19.4. The second-order valence-corrected chi connectivity index (χ2v) is 11.4. The Labute approximate surface area is 216 Å². The van der Waals surface area contributed by atoms with Gasteiger partial charge in [0.1, 0.15) is 12.6 Å². The third-order valence-corrected chi connectivity index (χ3v) is 7.14. The summed E-state index contributed by atoms with van der Waals surface area (Å²) in [6.45, 7) is 5.43. The van der Waals surface area contributed by atoms with Crippen molar-refractivity contribution < 1.29 is 18.0 Å². The Kier molecular flexibility index (Phi) is 10.1. The first-order valence-electron chi connectivity index (χ1n) is 10.5. The molecule has 0 saturated heterocycles. The lowest BCUT2D eigenvalue weighted by Crippen LogP contribution is -2.51. The van der Waals surface area contributed by atoms with Crippen LogP contribution < -0.4 is 9.62 Å². The minimum atomic E-state index is -3.91. The van der Waals surface area contributed by atoms with Crippen molar-refractivity contribution in [1.82, 2.24) is 10.2 Å². The zero-order valence-corrected chi connectivity index (χ0v) is 22.5. The maximum atomic E-state index is 13.5. The van der Waals surface area contributed by atoms with Crippen molar-refractivity contribution in [3.63, 3.8) is 0 Å². The fourth-order valence-electron chi connectivity index (χ4n) is 3.15. The standard InChI is InChI=1S/C23H28Cl3N3O4S/c1-15(2)12-27-23(31)16(3)28(13-17-7-5-8-18(24)11-17)21(30)14-29(34(4,32)33)20-10-6-9-19(25)22(20)26/h5-11,15-16H,12-14H2,1-4H3,(H,27,31)/t16-/m0/s1. The minimum absolute atomic E-state index is 0.00603. The molecule has 1 N–H and O–H groups in total. The smallest absolute Gasteiger partial charge is 0.244 e. The number of nitrogens with one attached hydrogen (secondary N) is 1. The molecule has 0 spiro atoms. The van der Waals surface area contributed by atoms with Gasteiger partial charge in [-0.2, -0.15) is 0 Å². The van der Waals surface area contributed by atoms with Crippen LogP contribution in [0.2, 0.25) is 15.1 Å². The van der Waals surface area contributed by atoms with Crippen molar-refractivity contribution >= 4 is 62.3 Å². The van der Waals surface area contributed by atoms with E-state index in [2.05, 4.69) is 5.32 Å². The van der Waals surface area contributed by atoms with Gasteiger partial charge in [-0.15, -0.1) is 0 Å². The quantitative estimate of drug-likeness (QED) is 0.470. The molecule has 1 atom stereocenters. The summed E-state index contributed by atoms with van der Waals surface area (Å²) in [6, 6.07) is 10.5. The summed E-state index contributed by atoms with van der Waals surface area (Å²) in [5, 5.41) is 3.45. The molecule has 7 nitrogen and oxygen atoms in total. The van der Waals surface area contributed by atoms with Gasteiger partial charge in [-0.25, -0.2) is 8.42 Å². The molecule has 0 aromatic heterocycles. The molecule has 0 aliphatic carbocycles. The van der Waals surface area contributed by atoms with Gasteiger partial charge in [0.05, 0.1) is 22.0 Å². The maximum absolute atomic E-state index is 13.5. The van der Waals surface area contributed by atoms with Crippen LogP contribution in [0, 0.1) is 5.92 Å². The van der Waals surface area contributed by atoms with E-state index in [9.17, 15) is 18.0 Å². The van der Waals surface area contributed by atoms with Crippen LogP contribution in [-0.4, -0.2) is 50.5 Å². The predicted octanol–water partition coefficient (Wildman–Crippen LogP) is 4.60. The van der Waals surface area contributed by atoms with Crippen LogP contribution in [0.15, 0.2) is 42.5 Å². The van der Waals surface area contributed by atoms with Crippen LogP contribution in [0.4, 0.5) is 5.69 Å². The highest BCUT2D eigenvalue weighted by Crippen LogP contribution is 2.33. The van der Waals surface area contributed by atoms with Gasteiger partial charge in [-0.1, -0.05) is 66.8 Å². The van der Waals surface area contributed by atoms with E-state index in [4.69, 9.17) is 34.8 Å². The van der Waals surface area contributed by atoms with Crippen LogP contribution >= 0.6 is 34.8 Å². The Morgan fingerprint density at radius 2 is 1.68 bits per heavy atom. The highest BCUT2D eigenvalue weighted by molar-refractivity contribution is 7.92. The molecule has 0 saturated carbocycles. The molecule has 11 heteroatoms. The van der Waals surface area contributed by atoms with E-state index in [0.29, 0.717) is 17.1 Å². The van der Waals surface area contributed by atoms with E-state index >= 15 is 0 Å². The van der Waals surface area contributed by atoms with Crippen LogP contribution in [-0.2, 0) is 26.2 Å². The SMILES string of the molecule is CC(C)CNC(=O)[C@H](C)N(Cc1cccc(Cl)c1)C(=O)CN(c1cccc(Cl)c1Cl)S(C)(=O)=O. The van der Waals surface area contributed by atoms with Gasteiger partial charge >= 0.3 is 0 Å². The Morgan fingerprint density at radius 1 is 1.03 bits per heavy atom. The van der Waals surface area contributed by atoms with Gasteiger partial charge in [-0.05, 0) is 42.7 Å². The van der Waals surface area contributed by atoms with Gasteiger partial charge < -0.3 is 10.2 Å². The molecule has 2 amide bonds. The lowest BCUT2D eigenvalue weighted by molar-refractivity contribution is -0.139. The summed E-state index contributed by atoms with van der Waals surface area (Å²) >= 11 is 18.4. The van der Waals surface area contributed by atoms with Crippen molar-refractivity contribution in [2.24, 2.45) is 5.92 Å². The summed E-state index contributed by atoms with van der Waals surface area (Å²) < 4.78 is 26.1. The van der Waals surface area contributed by atoms with Crippen LogP contribution in [0.25, 0.3) is 0 Å². The van der Waals surface area contributed by atoms with Gasteiger partial charge in [0.15, 0.2) is 0 Å². The summed E-state index contributed by atoms with van der Waals surface area (Å²) in [5.41, 5.74) is 0.765. The lowest BCUT2D eigenvalue weighted by atomic mass is 10.1. The fourth-order valence-corrected chi connectivity index (χ4v) is 4.66. The van der Waals surface area contributed by atoms with Crippen molar-refractivity contribution in [1.29, 1.82) is 0 Å². The molecule has 0 aliphatic rings. The van der Waals surface area contributed by atoms with Crippen molar-refractivity contribution in [2.75, 3.05) is 23.7 Å². The normalized spacial score (nSPS) is 12.4. The number of hydrogen-bond acceptors (Lipinski definition) is 4. The molecule has 34 heavy (non-hydrogen) atoms. The molecule has 0 heterocycles. The molecule has 186 valence electrons. The number of anilines is 1. The van der Waals surface area contributed by atoms with E-state index < -0.39 is 28.5 Å². The molecule has 2 aromatic rings. The average Bonchev–Trinajstić information content (AvgIpc) is 2.75. The molecule has 0 aliphatic heterocycles. The number of carbonyl (C=O) groups excluding carboxylic acids is 2. The van der Waals surface area contributed by atoms with E-state index in [1.54, 1.807) is 31.2 Å². The Balaban J connectivity index is 2.41. The van der Waals surface area contributed by atoms with Gasteiger partial charge in [-0.3, -0.25) is 13.9 Å². The van der Waals surface area contributed by atoms with Crippen LogP contribution in [0.3, 0.4) is 0 Å². The van der Waals surface area contributed by atoms with Crippen LogP contribution in [0.1, 0.15) is 26.3 Å². The largest absolute Gasteiger partial charge is 0.354 e. The van der Waals surface area contributed by atoms with Gasteiger partial charge in [0.25, 0.3) is 0 Å². The third kappa shape index (κ3) is 7.77. The number of halogens is 3. The number of nitrogens with zero attached hydrogens (tertiary/aromatic N) is 2. The molecule has 0 bridgehead atoms. The van der Waals surface area contributed by atoms with Crippen molar-refractivity contribution in [3.8, 4) is 0 Å². The Hall–Kier alpha value is -2.00. The maximum Gasteiger partial charge on any atom is 0.244 e. The fraction of sp³-hybridized carbons (Fsp3) is 0.391. The molecule has 2 rings (SSSR count). The van der Waals surface area contributed by atoms with Gasteiger partial charge in [0.2, 0.25) is 21.8 Å². The highest BCUT2D eigenvalue weighted by atomic mass is 35.5. The summed E-state index contributed by atoms with van der Waals surface area (Å²) in [7, 11) is -3.91. The third-order valence-electron chi connectivity index (χ3n) is 4.97. The number of amides is 2. The number of carbonyl (C=O) groups is 2. The Morgan fingerprint density at radius 3 is 2.26 bits per heavy atom. The van der Waals surface area contributed by atoms with Crippen molar-refractivity contribution in [2.45, 2.75) is 33.4 Å². The first-order chi connectivity index (χ1) is 15.8. The number of benzene rings is 2. The van der Waals surface area contributed by atoms with E-state index in [1.165, 1.54) is 23.1 Å². The highest BCUT2D eigenvalue weighted by Gasteiger charge is 2.31. The monoisotopic (exact) mass is 547 g/mol. The molecule has 2 aromatic carbocycles. The second kappa shape index (κ2) is 12.1. The molecular formula is C23H28Cl3N3O4S. The van der Waals surface area contributed by atoms with Gasteiger partial charge in [0, 0.05) is 18.1 Å². The van der Waals surface area contributed by atoms with E-state index in [0.717, 1.165) is 10.6 Å². The zero-order chi connectivity index (χ0) is 25.6. The van der Waals surface area contributed by atoms with Crippen LogP contribution in [0.5, 0.6) is 0 Å². The summed E-state index contributed by atoms with van der Waals surface area (Å²) in [6.07, 6.45) is 0.970. The molecular weight excluding hydrogens is 521 g/mol. The summed E-state index contributed by atoms with van der Waals surface area (Å²) in [5.74, 6) is -0.719. The molecule has 0 fully saturated rings. The lowest BCUT2D eigenvalue weighted by Gasteiger charge is -2.32. The topological polar surface area (TPSA) is 86.8 Å². The second-order valence-electron chi connectivity index (χ2n) is 8.31. The first kappa shape index (κ1) is 28.2. The Bertz CT molecular complexity index is 1140. The number of hydrogen-bond donors (Lipinski definition) is 1. The minimum Gasteiger partial charge on any atom is -0.354 e. The molecule has 0 unspecified atom stereocenters. The first-order valence-corrected chi connectivity index (χ1v) is 13.5. The van der Waals surface area contributed by atoms with Crippen molar-refractivity contribution in [3.05, 3.63) is 63.1 Å². The molecule has 0 radical (unpaired) electrons. The average molecular weight is 549 g/mol. The number of sulfonamides is 1. The van der Waals surface area contributed by atoms with E-state index in [1.807, 2.05) is 13.8 Å². The number of rotatable bonds is 10. The predicted molar refractivity (Wildman–Crippen MR) is 138 cm³/mol.